The number of aliphatic carboxylic acids is 1. The van der Waals surface area contributed by atoms with Crippen molar-refractivity contribution in [2.75, 3.05) is 19.6 Å². The molecule has 4 unspecified atom stereocenters. The molecule has 0 aromatic heterocycles. The first kappa shape index (κ1) is 16.0. The molecular formula is C17H23N3O3. The molecule has 0 bridgehead atoms. The number of rotatable bonds is 3. The number of carbonyl (C=O) groups excluding carboxylic acids is 1. The summed E-state index contributed by atoms with van der Waals surface area (Å²) in [7, 11) is 0. The van der Waals surface area contributed by atoms with E-state index in [0.29, 0.717) is 26.1 Å². The van der Waals surface area contributed by atoms with Crippen LogP contribution in [0.1, 0.15) is 24.9 Å². The van der Waals surface area contributed by atoms with E-state index in [4.69, 9.17) is 0 Å². The smallest absolute Gasteiger partial charge is 0.308 e. The molecule has 1 aromatic rings. The highest BCUT2D eigenvalue weighted by Crippen LogP contribution is 2.29. The molecule has 0 saturated carbocycles. The van der Waals surface area contributed by atoms with Gasteiger partial charge in [0.15, 0.2) is 0 Å². The second-order valence-electron chi connectivity index (χ2n) is 6.64. The first-order valence-corrected chi connectivity index (χ1v) is 8.11. The van der Waals surface area contributed by atoms with Gasteiger partial charge in [-0.3, -0.25) is 15.0 Å². The number of amides is 1. The summed E-state index contributed by atoms with van der Waals surface area (Å²) in [6, 6.07) is 9.80. The summed E-state index contributed by atoms with van der Waals surface area (Å²) in [5.74, 6) is -1.23. The molecule has 0 aliphatic carbocycles. The van der Waals surface area contributed by atoms with Crippen LogP contribution in [0.5, 0.6) is 0 Å². The lowest BCUT2D eigenvalue weighted by Gasteiger charge is -2.36. The zero-order chi connectivity index (χ0) is 16.4. The molecule has 3 N–H and O–H groups in total. The zero-order valence-corrected chi connectivity index (χ0v) is 13.2. The number of likely N-dealkylation sites (tertiary alicyclic amines) is 1. The maximum absolute atomic E-state index is 13.0. The number of piperidine rings is 1. The van der Waals surface area contributed by atoms with Crippen molar-refractivity contribution in [2.24, 2.45) is 17.8 Å². The summed E-state index contributed by atoms with van der Waals surface area (Å²) in [5.41, 5.74) is 7.31. The van der Waals surface area contributed by atoms with Crippen LogP contribution in [0, 0.1) is 17.8 Å². The Balaban J connectivity index is 1.75. The fourth-order valence-corrected chi connectivity index (χ4v) is 3.65. The zero-order valence-electron chi connectivity index (χ0n) is 13.2. The van der Waals surface area contributed by atoms with Gasteiger partial charge in [-0.15, -0.1) is 0 Å². The molecule has 3 rings (SSSR count). The average Bonchev–Trinajstić information content (AvgIpc) is 3.04. The van der Waals surface area contributed by atoms with Crippen molar-refractivity contribution in [3.8, 4) is 0 Å². The number of hydrazine groups is 1. The van der Waals surface area contributed by atoms with E-state index < -0.39 is 11.9 Å². The Morgan fingerprint density at radius 3 is 2.65 bits per heavy atom. The SMILES string of the molecule is CC1CC(C(=O)O)CN(C(=O)C2CNNC2c2ccccc2)C1. The first-order chi connectivity index (χ1) is 11.1. The number of benzene rings is 1. The maximum Gasteiger partial charge on any atom is 0.308 e. The summed E-state index contributed by atoms with van der Waals surface area (Å²) in [6.07, 6.45) is 0.641. The lowest BCUT2D eigenvalue weighted by atomic mass is 9.88. The molecule has 2 fully saturated rings. The third-order valence-electron chi connectivity index (χ3n) is 4.78. The Hall–Kier alpha value is -1.92. The number of hydrogen-bond donors (Lipinski definition) is 3. The third kappa shape index (κ3) is 3.38. The molecule has 6 nitrogen and oxygen atoms in total. The van der Waals surface area contributed by atoms with Crippen LogP contribution in [-0.4, -0.2) is 41.5 Å². The van der Waals surface area contributed by atoms with E-state index in [2.05, 4.69) is 10.9 Å². The van der Waals surface area contributed by atoms with Crippen LogP contribution in [0.15, 0.2) is 30.3 Å². The minimum atomic E-state index is -0.809. The van der Waals surface area contributed by atoms with Crippen molar-refractivity contribution in [3.05, 3.63) is 35.9 Å². The standard InChI is InChI=1S/C17H23N3O3/c1-11-7-13(17(22)23)10-20(9-11)16(21)14-8-18-19-15(14)12-5-3-2-4-6-12/h2-6,11,13-15,18-19H,7-10H2,1H3,(H,22,23). The van der Waals surface area contributed by atoms with E-state index in [9.17, 15) is 14.7 Å². The van der Waals surface area contributed by atoms with Crippen molar-refractivity contribution >= 4 is 11.9 Å². The maximum atomic E-state index is 13.0. The van der Waals surface area contributed by atoms with E-state index in [1.807, 2.05) is 37.3 Å². The Morgan fingerprint density at radius 2 is 1.96 bits per heavy atom. The van der Waals surface area contributed by atoms with Crippen molar-refractivity contribution < 1.29 is 14.7 Å². The van der Waals surface area contributed by atoms with E-state index >= 15 is 0 Å². The summed E-state index contributed by atoms with van der Waals surface area (Å²) in [4.78, 5) is 26.0. The fourth-order valence-electron chi connectivity index (χ4n) is 3.65. The minimum Gasteiger partial charge on any atom is -0.481 e. The van der Waals surface area contributed by atoms with Crippen molar-refractivity contribution in [2.45, 2.75) is 19.4 Å². The van der Waals surface area contributed by atoms with Crippen molar-refractivity contribution in [1.29, 1.82) is 0 Å². The summed E-state index contributed by atoms with van der Waals surface area (Å²) < 4.78 is 0. The fraction of sp³-hybridized carbons (Fsp3) is 0.529. The second-order valence-corrected chi connectivity index (χ2v) is 6.64. The van der Waals surface area contributed by atoms with Gasteiger partial charge < -0.3 is 10.0 Å². The van der Waals surface area contributed by atoms with Crippen LogP contribution in [-0.2, 0) is 9.59 Å². The first-order valence-electron chi connectivity index (χ1n) is 8.11. The lowest BCUT2D eigenvalue weighted by molar-refractivity contribution is -0.148. The van der Waals surface area contributed by atoms with Gasteiger partial charge >= 0.3 is 5.97 Å². The van der Waals surface area contributed by atoms with Gasteiger partial charge in [-0.05, 0) is 17.9 Å². The minimum absolute atomic E-state index is 0.0363. The average molecular weight is 317 g/mol. The van der Waals surface area contributed by atoms with Gasteiger partial charge in [0.2, 0.25) is 5.91 Å². The Kier molecular flexibility index (Phi) is 4.63. The van der Waals surface area contributed by atoms with Gasteiger partial charge in [-0.2, -0.15) is 0 Å². The predicted octanol–water partition coefficient (Wildman–Crippen LogP) is 1.02. The molecule has 23 heavy (non-hydrogen) atoms. The molecule has 1 aromatic carbocycles. The van der Waals surface area contributed by atoms with E-state index in [-0.39, 0.29) is 23.8 Å². The number of carboxylic acids is 1. The van der Waals surface area contributed by atoms with Gasteiger partial charge in [0.25, 0.3) is 0 Å². The summed E-state index contributed by atoms with van der Waals surface area (Å²) in [5, 5.41) is 9.29. The molecule has 6 heteroatoms. The Bertz CT molecular complexity index is 578. The molecule has 4 atom stereocenters. The molecule has 0 radical (unpaired) electrons. The van der Waals surface area contributed by atoms with Crippen LogP contribution in [0.25, 0.3) is 0 Å². The molecule has 1 amide bonds. The molecule has 2 heterocycles. The summed E-state index contributed by atoms with van der Waals surface area (Å²) >= 11 is 0. The number of carbonyl (C=O) groups is 2. The second kappa shape index (κ2) is 6.68. The van der Waals surface area contributed by atoms with Crippen LogP contribution < -0.4 is 10.9 Å². The normalized spacial score (nSPS) is 31.1. The van der Waals surface area contributed by atoms with Gasteiger partial charge in [0.1, 0.15) is 0 Å². The number of nitrogens with zero attached hydrogens (tertiary/aromatic N) is 1. The van der Waals surface area contributed by atoms with E-state index in [0.717, 1.165) is 5.56 Å². The molecule has 2 saturated heterocycles. The van der Waals surface area contributed by atoms with Gasteiger partial charge in [-0.25, -0.2) is 5.43 Å². The third-order valence-corrected chi connectivity index (χ3v) is 4.78. The van der Waals surface area contributed by atoms with Crippen LogP contribution in [0.3, 0.4) is 0 Å². The highest BCUT2D eigenvalue weighted by molar-refractivity contribution is 5.81. The summed E-state index contributed by atoms with van der Waals surface area (Å²) in [6.45, 7) is 3.52. The molecular weight excluding hydrogens is 294 g/mol. The highest BCUT2D eigenvalue weighted by atomic mass is 16.4. The topological polar surface area (TPSA) is 81.7 Å². The van der Waals surface area contributed by atoms with Crippen LogP contribution >= 0.6 is 0 Å². The lowest BCUT2D eigenvalue weighted by Crippen LogP contribution is -2.48. The van der Waals surface area contributed by atoms with Gasteiger partial charge in [0, 0.05) is 19.6 Å². The predicted molar refractivity (Wildman–Crippen MR) is 85.3 cm³/mol. The highest BCUT2D eigenvalue weighted by Gasteiger charge is 2.39. The van der Waals surface area contributed by atoms with Crippen LogP contribution in [0.2, 0.25) is 0 Å². The number of hydrogen-bond acceptors (Lipinski definition) is 4. The molecule has 2 aliphatic rings. The molecule has 0 spiro atoms. The van der Waals surface area contributed by atoms with Gasteiger partial charge in [-0.1, -0.05) is 37.3 Å². The van der Waals surface area contributed by atoms with Crippen molar-refractivity contribution in [1.82, 2.24) is 15.8 Å². The van der Waals surface area contributed by atoms with Crippen molar-refractivity contribution in [3.63, 3.8) is 0 Å². The number of carboxylic acid groups (broad SMARTS) is 1. The van der Waals surface area contributed by atoms with Gasteiger partial charge in [0.05, 0.1) is 17.9 Å². The Morgan fingerprint density at radius 1 is 1.22 bits per heavy atom. The molecule has 2 aliphatic heterocycles. The van der Waals surface area contributed by atoms with E-state index in [1.54, 1.807) is 4.90 Å². The number of nitrogens with one attached hydrogen (secondary N) is 2. The van der Waals surface area contributed by atoms with E-state index in [1.165, 1.54) is 0 Å². The largest absolute Gasteiger partial charge is 0.481 e. The van der Waals surface area contributed by atoms with Crippen LogP contribution in [0.4, 0.5) is 0 Å². The molecule has 124 valence electrons. The Labute approximate surface area is 135 Å². The monoisotopic (exact) mass is 317 g/mol. The quantitative estimate of drug-likeness (QED) is 0.775.